The van der Waals surface area contributed by atoms with Gasteiger partial charge in [-0.15, -0.1) is 0 Å². The summed E-state index contributed by atoms with van der Waals surface area (Å²) in [7, 11) is 0. The first-order valence-electron chi connectivity index (χ1n) is 3.77. The Kier molecular flexibility index (Phi) is 1.50. The van der Waals surface area contributed by atoms with Gasteiger partial charge in [0.05, 0.1) is 0 Å². The number of hydrogen-bond donors (Lipinski definition) is 1. The summed E-state index contributed by atoms with van der Waals surface area (Å²) in [6.45, 7) is 8.16. The van der Waals surface area contributed by atoms with Crippen molar-refractivity contribution in [1.82, 2.24) is 5.32 Å². The highest BCUT2D eigenvalue weighted by atomic mass is 16.2. The first-order valence-corrected chi connectivity index (χ1v) is 3.77. The van der Waals surface area contributed by atoms with Gasteiger partial charge in [-0.1, -0.05) is 20.8 Å². The molecule has 0 aromatic heterocycles. The number of rotatable bonds is 0. The van der Waals surface area contributed by atoms with Crippen LogP contribution in [0, 0.1) is 11.3 Å². The molecule has 0 spiro atoms. The monoisotopic (exact) mass is 141 g/mol. The van der Waals surface area contributed by atoms with Crippen molar-refractivity contribution in [2.24, 2.45) is 11.3 Å². The Labute approximate surface area is 62.0 Å². The van der Waals surface area contributed by atoms with Gasteiger partial charge in [-0.05, 0) is 12.8 Å². The fourth-order valence-corrected chi connectivity index (χ4v) is 1.35. The zero-order valence-electron chi connectivity index (χ0n) is 7.06. The zero-order valence-corrected chi connectivity index (χ0v) is 7.06. The van der Waals surface area contributed by atoms with Crippen LogP contribution in [0.2, 0.25) is 0 Å². The van der Waals surface area contributed by atoms with Crippen molar-refractivity contribution >= 4 is 5.91 Å². The van der Waals surface area contributed by atoms with Gasteiger partial charge in [-0.2, -0.15) is 0 Å². The Hall–Kier alpha value is -0.530. The van der Waals surface area contributed by atoms with E-state index < -0.39 is 0 Å². The normalized spacial score (nSPS) is 37.8. The standard InChI is InChI=1S/C8H15NO/c1-5-6(2)9-7(10)8(5,3)4/h5-6H,1-4H3,(H,9,10)/t5-,6?/m0/s1. The van der Waals surface area contributed by atoms with Crippen molar-refractivity contribution in [3.05, 3.63) is 0 Å². The van der Waals surface area contributed by atoms with E-state index in [1.165, 1.54) is 0 Å². The number of hydrogen-bond acceptors (Lipinski definition) is 1. The Balaban J connectivity index is 2.85. The van der Waals surface area contributed by atoms with Crippen molar-refractivity contribution in [1.29, 1.82) is 0 Å². The molecule has 0 radical (unpaired) electrons. The molecule has 58 valence electrons. The quantitative estimate of drug-likeness (QED) is 0.539. The van der Waals surface area contributed by atoms with Crippen LogP contribution in [0.4, 0.5) is 0 Å². The summed E-state index contributed by atoms with van der Waals surface area (Å²) >= 11 is 0. The average Bonchev–Trinajstić information content (AvgIpc) is 1.97. The largest absolute Gasteiger partial charge is 0.353 e. The molecule has 1 rings (SSSR count). The van der Waals surface area contributed by atoms with E-state index in [1.807, 2.05) is 13.8 Å². The molecule has 0 aromatic rings. The number of nitrogens with one attached hydrogen (secondary N) is 1. The number of amides is 1. The molecule has 1 fully saturated rings. The fourth-order valence-electron chi connectivity index (χ4n) is 1.35. The summed E-state index contributed by atoms with van der Waals surface area (Å²) in [6, 6.07) is 0.336. The summed E-state index contributed by atoms with van der Waals surface area (Å²) in [5, 5.41) is 2.92. The van der Waals surface area contributed by atoms with E-state index in [-0.39, 0.29) is 11.3 Å². The van der Waals surface area contributed by atoms with Gasteiger partial charge in [-0.25, -0.2) is 0 Å². The third-order valence-electron chi connectivity index (χ3n) is 2.83. The number of carbonyl (C=O) groups is 1. The highest BCUT2D eigenvalue weighted by Gasteiger charge is 2.43. The molecule has 1 aliphatic rings. The van der Waals surface area contributed by atoms with Gasteiger partial charge in [0.2, 0.25) is 5.91 Å². The molecule has 1 saturated heterocycles. The van der Waals surface area contributed by atoms with E-state index in [9.17, 15) is 4.79 Å². The molecule has 0 saturated carbocycles. The number of carbonyl (C=O) groups excluding carboxylic acids is 1. The molecule has 1 aliphatic heterocycles. The topological polar surface area (TPSA) is 29.1 Å². The van der Waals surface area contributed by atoms with E-state index in [0.717, 1.165) is 0 Å². The first kappa shape index (κ1) is 7.58. The predicted octanol–water partition coefficient (Wildman–Crippen LogP) is 1.17. The van der Waals surface area contributed by atoms with Gasteiger partial charge in [-0.3, -0.25) is 4.79 Å². The van der Waals surface area contributed by atoms with Crippen LogP contribution in [0.25, 0.3) is 0 Å². The SMILES string of the molecule is CC1NC(=O)C(C)(C)[C@H]1C. The molecule has 1 amide bonds. The molecule has 2 heteroatoms. The third-order valence-corrected chi connectivity index (χ3v) is 2.83. The Morgan fingerprint density at radius 1 is 1.40 bits per heavy atom. The van der Waals surface area contributed by atoms with Gasteiger partial charge in [0.1, 0.15) is 0 Å². The Bertz CT molecular complexity index is 163. The zero-order chi connectivity index (χ0) is 7.94. The van der Waals surface area contributed by atoms with E-state index in [0.29, 0.717) is 12.0 Å². The lowest BCUT2D eigenvalue weighted by molar-refractivity contribution is -0.126. The van der Waals surface area contributed by atoms with Crippen LogP contribution in [-0.4, -0.2) is 11.9 Å². The maximum atomic E-state index is 11.2. The van der Waals surface area contributed by atoms with E-state index >= 15 is 0 Å². The lowest BCUT2D eigenvalue weighted by Crippen LogP contribution is -2.27. The Morgan fingerprint density at radius 2 is 1.90 bits per heavy atom. The van der Waals surface area contributed by atoms with Gasteiger partial charge >= 0.3 is 0 Å². The highest BCUT2D eigenvalue weighted by molar-refractivity contribution is 5.84. The average molecular weight is 141 g/mol. The molecule has 1 N–H and O–H groups in total. The smallest absolute Gasteiger partial charge is 0.226 e. The summed E-state index contributed by atoms with van der Waals surface area (Å²) < 4.78 is 0. The summed E-state index contributed by atoms with van der Waals surface area (Å²) in [5.74, 6) is 0.632. The van der Waals surface area contributed by atoms with Crippen LogP contribution in [-0.2, 0) is 4.79 Å². The second-order valence-corrected chi connectivity index (χ2v) is 3.77. The van der Waals surface area contributed by atoms with Crippen molar-refractivity contribution in [2.75, 3.05) is 0 Å². The summed E-state index contributed by atoms with van der Waals surface area (Å²) in [4.78, 5) is 11.2. The van der Waals surface area contributed by atoms with Gasteiger partial charge in [0.15, 0.2) is 0 Å². The van der Waals surface area contributed by atoms with E-state index in [1.54, 1.807) is 0 Å². The molecule has 2 atom stereocenters. The van der Waals surface area contributed by atoms with Crippen LogP contribution in [0.5, 0.6) is 0 Å². The van der Waals surface area contributed by atoms with Crippen molar-refractivity contribution < 1.29 is 4.79 Å². The first-order chi connectivity index (χ1) is 4.46. The molecule has 0 bridgehead atoms. The fraction of sp³-hybridized carbons (Fsp3) is 0.875. The maximum Gasteiger partial charge on any atom is 0.226 e. The molecule has 0 aliphatic carbocycles. The van der Waals surface area contributed by atoms with E-state index in [2.05, 4.69) is 19.2 Å². The van der Waals surface area contributed by atoms with Crippen molar-refractivity contribution in [3.8, 4) is 0 Å². The van der Waals surface area contributed by atoms with Crippen molar-refractivity contribution in [2.45, 2.75) is 33.7 Å². The summed E-state index contributed by atoms with van der Waals surface area (Å²) in [5.41, 5.74) is -0.167. The third kappa shape index (κ3) is 0.825. The molecule has 1 unspecified atom stereocenters. The molecular formula is C8H15NO. The molecular weight excluding hydrogens is 126 g/mol. The minimum absolute atomic E-state index is 0.167. The second-order valence-electron chi connectivity index (χ2n) is 3.77. The van der Waals surface area contributed by atoms with E-state index in [4.69, 9.17) is 0 Å². The maximum absolute atomic E-state index is 11.2. The van der Waals surface area contributed by atoms with Crippen molar-refractivity contribution in [3.63, 3.8) is 0 Å². The molecule has 2 nitrogen and oxygen atoms in total. The predicted molar refractivity (Wildman–Crippen MR) is 40.5 cm³/mol. The molecule has 10 heavy (non-hydrogen) atoms. The van der Waals surface area contributed by atoms with Gasteiger partial charge in [0, 0.05) is 11.5 Å². The van der Waals surface area contributed by atoms with Gasteiger partial charge < -0.3 is 5.32 Å². The van der Waals surface area contributed by atoms with Gasteiger partial charge in [0.25, 0.3) is 0 Å². The minimum atomic E-state index is -0.167. The lowest BCUT2D eigenvalue weighted by Gasteiger charge is -2.20. The second kappa shape index (κ2) is 1.97. The molecule has 0 aromatic carbocycles. The lowest BCUT2D eigenvalue weighted by atomic mass is 9.80. The Morgan fingerprint density at radius 3 is 2.00 bits per heavy atom. The van der Waals surface area contributed by atoms with Crippen LogP contribution in [0.3, 0.4) is 0 Å². The summed E-state index contributed by atoms with van der Waals surface area (Å²) in [6.07, 6.45) is 0. The van der Waals surface area contributed by atoms with Crippen LogP contribution < -0.4 is 5.32 Å². The van der Waals surface area contributed by atoms with Crippen LogP contribution in [0.15, 0.2) is 0 Å². The minimum Gasteiger partial charge on any atom is -0.353 e. The van der Waals surface area contributed by atoms with Crippen LogP contribution >= 0.6 is 0 Å². The van der Waals surface area contributed by atoms with Crippen LogP contribution in [0.1, 0.15) is 27.7 Å². The highest BCUT2D eigenvalue weighted by Crippen LogP contribution is 2.34. The molecule has 1 heterocycles.